The Labute approximate surface area is 144 Å². The molecule has 0 spiro atoms. The molecule has 2 aliphatic carbocycles. The van der Waals surface area contributed by atoms with E-state index < -0.39 is 12.1 Å². The van der Waals surface area contributed by atoms with Gasteiger partial charge in [0.15, 0.2) is 0 Å². The second-order valence-electron chi connectivity index (χ2n) is 6.50. The van der Waals surface area contributed by atoms with Crippen molar-refractivity contribution in [1.82, 2.24) is 0 Å². The van der Waals surface area contributed by atoms with Crippen LogP contribution in [0.25, 0.3) is 0 Å². The van der Waals surface area contributed by atoms with Crippen LogP contribution >= 0.6 is 0 Å². The number of phenols is 1. The van der Waals surface area contributed by atoms with Gasteiger partial charge in [0.1, 0.15) is 23.4 Å². The first kappa shape index (κ1) is 15.6. The van der Waals surface area contributed by atoms with Gasteiger partial charge in [0.05, 0.1) is 5.57 Å². The number of aliphatic carboxylic acids is 1. The van der Waals surface area contributed by atoms with Crippen molar-refractivity contribution in [3.63, 3.8) is 0 Å². The zero-order valence-corrected chi connectivity index (χ0v) is 13.4. The fourth-order valence-electron chi connectivity index (χ4n) is 3.94. The van der Waals surface area contributed by atoms with Gasteiger partial charge in [0.25, 0.3) is 0 Å². The topological polar surface area (TPSA) is 87.0 Å². The van der Waals surface area contributed by atoms with Crippen LogP contribution in [0.2, 0.25) is 0 Å². The number of carboxylic acids is 1. The van der Waals surface area contributed by atoms with Gasteiger partial charge in [-0.1, -0.05) is 24.3 Å². The number of aromatic hydroxyl groups is 1. The highest BCUT2D eigenvalue weighted by Crippen LogP contribution is 2.49. The van der Waals surface area contributed by atoms with Gasteiger partial charge < -0.3 is 20.1 Å². The highest BCUT2D eigenvalue weighted by molar-refractivity contribution is 5.91. The molecule has 0 fully saturated rings. The Bertz CT molecular complexity index is 859. The third-order valence-electron chi connectivity index (χ3n) is 5.00. The summed E-state index contributed by atoms with van der Waals surface area (Å²) in [5.41, 5.74) is 2.05. The molecule has 1 aromatic rings. The summed E-state index contributed by atoms with van der Waals surface area (Å²) in [6.07, 6.45) is 9.74. The zero-order chi connectivity index (χ0) is 17.6. The Morgan fingerprint density at radius 2 is 2.04 bits per heavy atom. The van der Waals surface area contributed by atoms with Crippen molar-refractivity contribution < 1.29 is 24.9 Å². The Morgan fingerprint density at radius 1 is 1.20 bits per heavy atom. The summed E-state index contributed by atoms with van der Waals surface area (Å²) in [4.78, 5) is 11.7. The zero-order valence-electron chi connectivity index (χ0n) is 13.4. The molecular formula is C20H18O5. The lowest BCUT2D eigenvalue weighted by Crippen LogP contribution is -2.36. The van der Waals surface area contributed by atoms with E-state index in [9.17, 15) is 20.1 Å². The lowest BCUT2D eigenvalue weighted by Gasteiger charge is -2.40. The van der Waals surface area contributed by atoms with Gasteiger partial charge in [-0.2, -0.15) is 0 Å². The lowest BCUT2D eigenvalue weighted by atomic mass is 9.71. The van der Waals surface area contributed by atoms with E-state index in [0.717, 1.165) is 17.6 Å². The number of hydrogen-bond donors (Lipinski definition) is 3. The number of allylic oxidation sites excluding steroid dienone is 3. The minimum absolute atomic E-state index is 0.0893. The molecule has 25 heavy (non-hydrogen) atoms. The molecule has 1 heterocycles. The molecule has 0 radical (unpaired) electrons. The number of hydrogen-bond acceptors (Lipinski definition) is 4. The van der Waals surface area contributed by atoms with Gasteiger partial charge in [0, 0.05) is 23.5 Å². The minimum Gasteiger partial charge on any atom is -0.508 e. The van der Waals surface area contributed by atoms with Crippen LogP contribution in [-0.4, -0.2) is 27.4 Å². The molecule has 5 heteroatoms. The van der Waals surface area contributed by atoms with Crippen LogP contribution < -0.4 is 4.74 Å². The Hall–Kier alpha value is -2.95. The number of carbonyl (C=O) groups is 1. The van der Waals surface area contributed by atoms with E-state index >= 15 is 0 Å². The number of aliphatic hydroxyl groups is 1. The van der Waals surface area contributed by atoms with Crippen LogP contribution in [0.5, 0.6) is 11.5 Å². The van der Waals surface area contributed by atoms with Crippen LogP contribution in [0.3, 0.4) is 0 Å². The van der Waals surface area contributed by atoms with Crippen LogP contribution in [0.15, 0.2) is 65.5 Å². The maximum absolute atomic E-state index is 11.7. The van der Waals surface area contributed by atoms with Crippen molar-refractivity contribution in [2.24, 2.45) is 5.92 Å². The molecule has 1 aliphatic heterocycles. The van der Waals surface area contributed by atoms with Crippen LogP contribution in [0.1, 0.15) is 24.3 Å². The number of ether oxygens (including phenoxy) is 1. The van der Waals surface area contributed by atoms with Gasteiger partial charge >= 0.3 is 5.97 Å². The van der Waals surface area contributed by atoms with Crippen molar-refractivity contribution in [3.8, 4) is 11.5 Å². The van der Waals surface area contributed by atoms with E-state index in [2.05, 4.69) is 0 Å². The van der Waals surface area contributed by atoms with Gasteiger partial charge in [-0.05, 0) is 36.6 Å². The normalized spacial score (nSPS) is 27.2. The molecule has 0 saturated heterocycles. The average molecular weight is 338 g/mol. The molecule has 3 atom stereocenters. The summed E-state index contributed by atoms with van der Waals surface area (Å²) < 4.78 is 5.97. The lowest BCUT2D eigenvalue weighted by molar-refractivity contribution is -0.132. The maximum atomic E-state index is 11.7. The number of fused-ring (bicyclic) bond motifs is 2. The first-order valence-electron chi connectivity index (χ1n) is 8.26. The second kappa shape index (κ2) is 5.84. The first-order chi connectivity index (χ1) is 12.0. The van der Waals surface area contributed by atoms with Gasteiger partial charge in [-0.25, -0.2) is 4.79 Å². The van der Waals surface area contributed by atoms with Crippen LogP contribution in [0.4, 0.5) is 0 Å². The summed E-state index contributed by atoms with van der Waals surface area (Å²) in [6.45, 7) is 0. The van der Waals surface area contributed by atoms with E-state index in [-0.39, 0.29) is 23.3 Å². The number of phenolic OH excluding ortho intramolecular Hbond substituents is 1. The fourth-order valence-corrected chi connectivity index (χ4v) is 3.94. The highest BCUT2D eigenvalue weighted by Gasteiger charge is 2.41. The second-order valence-corrected chi connectivity index (χ2v) is 6.50. The van der Waals surface area contributed by atoms with Crippen molar-refractivity contribution in [2.75, 3.05) is 0 Å². The van der Waals surface area contributed by atoms with E-state index in [1.807, 2.05) is 12.2 Å². The standard InChI is InChI=1S/C20H18O5/c21-11-5-7-15-17(9-11)25-18-10-12(22)6-8-16(18)19(15)13-3-1-2-4-14(13)20(23)24/h2,4-10,15,17,19,21-22H,1,3H2,(H,23,24). The smallest absolute Gasteiger partial charge is 0.335 e. The molecule has 3 unspecified atom stereocenters. The minimum atomic E-state index is -0.938. The molecule has 4 rings (SSSR count). The van der Waals surface area contributed by atoms with Crippen molar-refractivity contribution >= 4 is 5.97 Å². The van der Waals surface area contributed by atoms with E-state index in [1.54, 1.807) is 36.4 Å². The van der Waals surface area contributed by atoms with Crippen molar-refractivity contribution in [1.29, 1.82) is 0 Å². The molecule has 0 saturated carbocycles. The van der Waals surface area contributed by atoms with Crippen molar-refractivity contribution in [2.45, 2.75) is 24.9 Å². The molecule has 3 N–H and O–H groups in total. The summed E-state index contributed by atoms with van der Waals surface area (Å²) in [6, 6.07) is 4.93. The van der Waals surface area contributed by atoms with Crippen LogP contribution in [-0.2, 0) is 4.79 Å². The Balaban J connectivity index is 1.91. The van der Waals surface area contributed by atoms with Crippen LogP contribution in [0, 0.1) is 5.92 Å². The quantitative estimate of drug-likeness (QED) is 0.767. The maximum Gasteiger partial charge on any atom is 0.335 e. The molecule has 3 aliphatic rings. The molecule has 5 nitrogen and oxygen atoms in total. The highest BCUT2D eigenvalue weighted by atomic mass is 16.5. The summed E-state index contributed by atoms with van der Waals surface area (Å²) in [5.74, 6) is -0.481. The Kier molecular flexibility index (Phi) is 3.64. The van der Waals surface area contributed by atoms with E-state index in [1.165, 1.54) is 0 Å². The SMILES string of the molecule is O=C(O)C1=C(C2c3ccc(O)cc3OC3C=C(O)C=CC32)CCC=C1. The molecule has 0 bridgehead atoms. The van der Waals surface area contributed by atoms with Crippen molar-refractivity contribution in [3.05, 3.63) is 71.0 Å². The number of aliphatic hydroxyl groups excluding tert-OH is 1. The summed E-state index contributed by atoms with van der Waals surface area (Å²) in [7, 11) is 0. The summed E-state index contributed by atoms with van der Waals surface area (Å²) >= 11 is 0. The third kappa shape index (κ3) is 2.61. The third-order valence-corrected chi connectivity index (χ3v) is 5.00. The predicted molar refractivity (Wildman–Crippen MR) is 91.6 cm³/mol. The van der Waals surface area contributed by atoms with E-state index in [4.69, 9.17) is 4.74 Å². The fraction of sp³-hybridized carbons (Fsp3) is 0.250. The largest absolute Gasteiger partial charge is 0.508 e. The number of carboxylic acid groups (broad SMARTS) is 1. The number of rotatable bonds is 2. The van der Waals surface area contributed by atoms with Gasteiger partial charge in [-0.15, -0.1) is 0 Å². The Morgan fingerprint density at radius 3 is 2.84 bits per heavy atom. The molecule has 128 valence electrons. The first-order valence-corrected chi connectivity index (χ1v) is 8.26. The van der Waals surface area contributed by atoms with E-state index in [0.29, 0.717) is 17.7 Å². The molecule has 0 amide bonds. The monoisotopic (exact) mass is 338 g/mol. The molecule has 1 aromatic carbocycles. The van der Waals surface area contributed by atoms with Gasteiger partial charge in [0.2, 0.25) is 0 Å². The summed E-state index contributed by atoms with van der Waals surface area (Å²) in [5, 5.41) is 29.2. The molecule has 0 aromatic heterocycles. The van der Waals surface area contributed by atoms with Gasteiger partial charge in [-0.3, -0.25) is 0 Å². The predicted octanol–water partition coefficient (Wildman–Crippen LogP) is 3.60. The number of benzene rings is 1. The average Bonchev–Trinajstić information content (AvgIpc) is 2.59. The molecular weight excluding hydrogens is 320 g/mol.